The minimum Gasteiger partial charge on any atom is -0.444 e. The molecule has 0 aliphatic rings. The van der Waals surface area contributed by atoms with Crippen LogP contribution in [0.3, 0.4) is 0 Å². The number of para-hydroxylation sites is 1. The zero-order valence-corrected chi connectivity index (χ0v) is 11.6. The van der Waals surface area contributed by atoms with E-state index < -0.39 is 6.10 Å². The molecule has 98 valence electrons. The second-order valence-corrected chi connectivity index (χ2v) is 5.44. The van der Waals surface area contributed by atoms with E-state index >= 15 is 0 Å². The molecular formula is C14H18ClNO2. The molecule has 4 heteroatoms. The molecule has 1 unspecified atom stereocenters. The molecule has 2 aromatic rings. The molecule has 1 heterocycles. The van der Waals surface area contributed by atoms with Crippen molar-refractivity contribution < 1.29 is 9.52 Å². The molecule has 0 bridgehead atoms. The van der Waals surface area contributed by atoms with Gasteiger partial charge >= 0.3 is 0 Å². The van der Waals surface area contributed by atoms with E-state index in [1.165, 1.54) is 0 Å². The van der Waals surface area contributed by atoms with Crippen LogP contribution in [0.5, 0.6) is 0 Å². The Morgan fingerprint density at radius 2 is 2.06 bits per heavy atom. The Bertz CT molecular complexity index is 546. The van der Waals surface area contributed by atoms with Crippen molar-refractivity contribution in [2.75, 3.05) is 0 Å². The number of furan rings is 1. The molecule has 0 radical (unpaired) electrons. The summed E-state index contributed by atoms with van der Waals surface area (Å²) in [4.78, 5) is 0. The van der Waals surface area contributed by atoms with Gasteiger partial charge < -0.3 is 14.8 Å². The molecular weight excluding hydrogens is 250 g/mol. The first kappa shape index (κ1) is 13.4. The fraction of sp³-hybridized carbons (Fsp3) is 0.429. The summed E-state index contributed by atoms with van der Waals surface area (Å²) in [7, 11) is 0. The van der Waals surface area contributed by atoms with Crippen LogP contribution >= 0.6 is 11.6 Å². The van der Waals surface area contributed by atoms with Crippen LogP contribution in [0.15, 0.2) is 28.7 Å². The number of rotatable bonds is 4. The van der Waals surface area contributed by atoms with Crippen molar-refractivity contribution in [2.24, 2.45) is 0 Å². The zero-order chi connectivity index (χ0) is 13.3. The maximum Gasteiger partial charge on any atom is 0.199 e. The average molecular weight is 268 g/mol. The van der Waals surface area contributed by atoms with Crippen LogP contribution in [0.4, 0.5) is 0 Å². The highest BCUT2D eigenvalue weighted by atomic mass is 35.5. The van der Waals surface area contributed by atoms with Gasteiger partial charge in [0.05, 0.1) is 6.10 Å². The van der Waals surface area contributed by atoms with Gasteiger partial charge in [-0.3, -0.25) is 0 Å². The third-order valence-corrected chi connectivity index (χ3v) is 3.72. The quantitative estimate of drug-likeness (QED) is 0.893. The number of aliphatic hydroxyl groups is 1. The molecule has 0 spiro atoms. The number of aliphatic hydroxyl groups excluding tert-OH is 1. The lowest BCUT2D eigenvalue weighted by molar-refractivity contribution is 0.0957. The molecule has 2 N–H and O–H groups in total. The number of halogens is 1. The van der Waals surface area contributed by atoms with Crippen LogP contribution in [0, 0.1) is 0 Å². The lowest BCUT2D eigenvalue weighted by atomic mass is 9.98. The molecule has 0 amide bonds. The van der Waals surface area contributed by atoms with Crippen molar-refractivity contribution in [1.29, 1.82) is 0 Å². The van der Waals surface area contributed by atoms with Crippen LogP contribution in [-0.2, 0) is 6.54 Å². The van der Waals surface area contributed by atoms with Gasteiger partial charge in [0.2, 0.25) is 0 Å². The number of hydrogen-bond donors (Lipinski definition) is 2. The Morgan fingerprint density at radius 3 is 2.72 bits per heavy atom. The predicted molar refractivity (Wildman–Crippen MR) is 73.8 cm³/mol. The molecule has 0 saturated heterocycles. The summed E-state index contributed by atoms with van der Waals surface area (Å²) in [6.45, 7) is 6.23. The van der Waals surface area contributed by atoms with E-state index in [-0.39, 0.29) is 5.54 Å². The van der Waals surface area contributed by atoms with Gasteiger partial charge in [0.25, 0.3) is 0 Å². The Hall–Kier alpha value is -1.03. The van der Waals surface area contributed by atoms with E-state index in [0.29, 0.717) is 11.8 Å². The van der Waals surface area contributed by atoms with Crippen LogP contribution in [-0.4, -0.2) is 16.7 Å². The highest BCUT2D eigenvalue weighted by Gasteiger charge is 2.24. The predicted octanol–water partition coefficient (Wildman–Crippen LogP) is 3.34. The van der Waals surface area contributed by atoms with Gasteiger partial charge in [-0.15, -0.1) is 0 Å². The van der Waals surface area contributed by atoms with Crippen LogP contribution < -0.4 is 5.32 Å². The minimum absolute atomic E-state index is 0.373. The van der Waals surface area contributed by atoms with E-state index in [0.717, 1.165) is 16.5 Å². The second-order valence-electron chi connectivity index (χ2n) is 5.10. The molecule has 0 aliphatic heterocycles. The van der Waals surface area contributed by atoms with Gasteiger partial charge in [0, 0.05) is 23.0 Å². The largest absolute Gasteiger partial charge is 0.444 e. The van der Waals surface area contributed by atoms with E-state index in [9.17, 15) is 5.11 Å². The van der Waals surface area contributed by atoms with Crippen molar-refractivity contribution in [1.82, 2.24) is 5.32 Å². The van der Waals surface area contributed by atoms with Gasteiger partial charge in [0.15, 0.2) is 5.22 Å². The first-order valence-corrected chi connectivity index (χ1v) is 6.38. The molecule has 1 atom stereocenters. The van der Waals surface area contributed by atoms with E-state index in [1.807, 2.05) is 38.1 Å². The van der Waals surface area contributed by atoms with E-state index in [2.05, 4.69) is 5.32 Å². The smallest absolute Gasteiger partial charge is 0.199 e. The molecule has 0 saturated carbocycles. The van der Waals surface area contributed by atoms with Gasteiger partial charge in [-0.1, -0.05) is 18.2 Å². The maximum absolute atomic E-state index is 9.67. The topological polar surface area (TPSA) is 45.4 Å². The first-order valence-electron chi connectivity index (χ1n) is 6.01. The molecule has 1 aromatic heterocycles. The monoisotopic (exact) mass is 267 g/mol. The van der Waals surface area contributed by atoms with Gasteiger partial charge in [-0.05, 0) is 38.4 Å². The summed E-state index contributed by atoms with van der Waals surface area (Å²) in [5, 5.41) is 14.4. The van der Waals surface area contributed by atoms with Crippen molar-refractivity contribution in [3.05, 3.63) is 35.0 Å². The number of hydrogen-bond acceptors (Lipinski definition) is 3. The highest BCUT2D eigenvalue weighted by molar-refractivity contribution is 6.30. The van der Waals surface area contributed by atoms with Crippen LogP contribution in [0.2, 0.25) is 5.22 Å². The lowest BCUT2D eigenvalue weighted by Gasteiger charge is -2.29. The third kappa shape index (κ3) is 2.53. The fourth-order valence-corrected chi connectivity index (χ4v) is 1.95. The Morgan fingerprint density at radius 1 is 1.39 bits per heavy atom. The summed E-state index contributed by atoms with van der Waals surface area (Å²) >= 11 is 6.11. The summed E-state index contributed by atoms with van der Waals surface area (Å²) in [6.07, 6.45) is -0.450. The van der Waals surface area contributed by atoms with Gasteiger partial charge in [0.1, 0.15) is 5.58 Å². The van der Waals surface area contributed by atoms with Crippen molar-refractivity contribution in [2.45, 2.75) is 39.0 Å². The van der Waals surface area contributed by atoms with Gasteiger partial charge in [-0.25, -0.2) is 0 Å². The van der Waals surface area contributed by atoms with Gasteiger partial charge in [-0.2, -0.15) is 0 Å². The molecule has 2 rings (SSSR count). The molecule has 1 aromatic carbocycles. The number of benzene rings is 1. The first-order chi connectivity index (χ1) is 8.42. The Kier molecular flexibility index (Phi) is 3.66. The SMILES string of the molecule is CC(O)C(C)(C)NCc1c(Cl)oc2ccccc12. The normalized spacial score (nSPS) is 14.1. The zero-order valence-electron chi connectivity index (χ0n) is 10.8. The lowest BCUT2D eigenvalue weighted by Crippen LogP contribution is -2.47. The van der Waals surface area contributed by atoms with Crippen molar-refractivity contribution in [3.63, 3.8) is 0 Å². The number of nitrogens with one attached hydrogen (secondary N) is 1. The standard InChI is InChI=1S/C14H18ClNO2/c1-9(17)14(2,3)16-8-11-10-6-4-5-7-12(10)18-13(11)15/h4-7,9,16-17H,8H2,1-3H3. The maximum atomic E-state index is 9.67. The van der Waals surface area contributed by atoms with Crippen LogP contribution in [0.25, 0.3) is 11.0 Å². The third-order valence-electron chi connectivity index (χ3n) is 3.41. The summed E-state index contributed by atoms with van der Waals surface area (Å²) in [5.74, 6) is 0. The van der Waals surface area contributed by atoms with Crippen molar-refractivity contribution >= 4 is 22.6 Å². The van der Waals surface area contributed by atoms with E-state index in [4.69, 9.17) is 16.0 Å². The minimum atomic E-state index is -0.450. The summed E-state index contributed by atoms with van der Waals surface area (Å²) < 4.78 is 5.49. The molecule has 0 aliphatic carbocycles. The van der Waals surface area contributed by atoms with Crippen LogP contribution in [0.1, 0.15) is 26.3 Å². The molecule has 3 nitrogen and oxygen atoms in total. The molecule has 18 heavy (non-hydrogen) atoms. The summed E-state index contributed by atoms with van der Waals surface area (Å²) in [6, 6.07) is 7.75. The second kappa shape index (κ2) is 4.92. The average Bonchev–Trinajstić information content (AvgIpc) is 2.62. The molecule has 0 fully saturated rings. The highest BCUT2D eigenvalue weighted by Crippen LogP contribution is 2.29. The Balaban J connectivity index is 2.25. The fourth-order valence-electron chi connectivity index (χ4n) is 1.70. The summed E-state index contributed by atoms with van der Waals surface area (Å²) in [5.41, 5.74) is 1.34. The van der Waals surface area contributed by atoms with Crippen molar-refractivity contribution in [3.8, 4) is 0 Å². The number of fused-ring (bicyclic) bond motifs is 1. The van der Waals surface area contributed by atoms with E-state index in [1.54, 1.807) is 6.92 Å². The Labute approximate surface area is 112 Å².